The van der Waals surface area contributed by atoms with Crippen LogP contribution in [0.4, 0.5) is 11.4 Å². The number of hydrogen-bond donors (Lipinski definition) is 6. The summed E-state index contributed by atoms with van der Waals surface area (Å²) in [4.78, 5) is 59.5. The van der Waals surface area contributed by atoms with Crippen molar-refractivity contribution in [1.82, 2.24) is 0 Å². The smallest absolute Gasteiger partial charge is 0.446 e. The van der Waals surface area contributed by atoms with Gasteiger partial charge < -0.3 is 34.1 Å². The third-order valence-electron chi connectivity index (χ3n) is 6.78. The Labute approximate surface area is 271 Å². The topological polar surface area (TPSA) is 293 Å². The summed E-state index contributed by atoms with van der Waals surface area (Å²) < 4.78 is 40.7. The van der Waals surface area contributed by atoms with E-state index >= 15 is 0 Å². The second-order valence-electron chi connectivity index (χ2n) is 9.90. The molecular weight excluding hydrogens is 676 g/mol. The summed E-state index contributed by atoms with van der Waals surface area (Å²) in [6.45, 7) is 0. The van der Waals surface area contributed by atoms with Crippen molar-refractivity contribution in [2.45, 2.75) is 0 Å². The number of rotatable bonds is 6. The maximum atomic E-state index is 12.6. The second kappa shape index (κ2) is 12.3. The van der Waals surface area contributed by atoms with Crippen molar-refractivity contribution in [3.05, 3.63) is 110 Å². The Hall–Kier alpha value is -6.99. The molecule has 250 valence electrons. The number of amides is 2. The Kier molecular flexibility index (Phi) is 8.39. The fraction of sp³-hybridized carbons (Fsp3) is 0. The maximum Gasteiger partial charge on any atom is 0.446 e. The lowest BCUT2D eigenvalue weighted by Crippen LogP contribution is -2.29. The Balaban J connectivity index is 0.000000192. The number of nitro benzene ring substituents is 1. The van der Waals surface area contributed by atoms with Crippen LogP contribution < -0.4 is 14.5 Å². The van der Waals surface area contributed by atoms with Crippen molar-refractivity contribution in [2.75, 3.05) is 4.90 Å². The number of imide groups is 1. The van der Waals surface area contributed by atoms with Gasteiger partial charge in [-0.25, -0.2) is 9.69 Å². The van der Waals surface area contributed by atoms with Crippen LogP contribution >= 0.6 is 0 Å². The molecule has 0 bridgehead atoms. The van der Waals surface area contributed by atoms with Crippen LogP contribution in [0.3, 0.4) is 0 Å². The predicted molar refractivity (Wildman–Crippen MR) is 164 cm³/mol. The van der Waals surface area contributed by atoms with Crippen molar-refractivity contribution in [3.63, 3.8) is 0 Å². The van der Waals surface area contributed by atoms with Gasteiger partial charge in [-0.15, -0.1) is 0 Å². The predicted octanol–water partition coefficient (Wildman–Crippen LogP) is 3.56. The first-order valence-corrected chi connectivity index (χ1v) is 14.6. The molecule has 0 unspecified atom stereocenters. The van der Waals surface area contributed by atoms with Gasteiger partial charge >= 0.3 is 16.4 Å². The summed E-state index contributed by atoms with van der Waals surface area (Å²) in [5, 5.41) is 57.9. The molecule has 18 nitrogen and oxygen atoms in total. The number of phenolic OH excluding ortho intramolecular Hbond substituents is 4. The number of carboxylic acids is 1. The highest BCUT2D eigenvalue weighted by molar-refractivity contribution is 7.81. The molecule has 0 fully saturated rings. The van der Waals surface area contributed by atoms with E-state index in [2.05, 4.69) is 4.18 Å². The van der Waals surface area contributed by atoms with Crippen molar-refractivity contribution >= 4 is 50.5 Å². The molecule has 0 spiro atoms. The van der Waals surface area contributed by atoms with Gasteiger partial charge in [0.2, 0.25) is 11.2 Å². The Bertz CT molecular complexity index is 2420. The van der Waals surface area contributed by atoms with Crippen LogP contribution in [-0.4, -0.2) is 61.2 Å². The number of phenols is 4. The summed E-state index contributed by atoms with van der Waals surface area (Å²) in [7, 11) is -5.14. The maximum absolute atomic E-state index is 12.6. The summed E-state index contributed by atoms with van der Waals surface area (Å²) in [6, 6.07) is 14.0. The van der Waals surface area contributed by atoms with E-state index < -0.39 is 84.1 Å². The van der Waals surface area contributed by atoms with Crippen LogP contribution in [0.1, 0.15) is 31.1 Å². The highest BCUT2D eigenvalue weighted by atomic mass is 32.3. The van der Waals surface area contributed by atoms with Gasteiger partial charge in [-0.2, -0.15) is 8.42 Å². The molecular formula is C30H18N2O16S. The minimum Gasteiger partial charge on any atom is -0.508 e. The number of aromatic carboxylic acids is 1. The van der Waals surface area contributed by atoms with E-state index in [-0.39, 0.29) is 33.5 Å². The van der Waals surface area contributed by atoms with E-state index in [1.165, 1.54) is 36.4 Å². The summed E-state index contributed by atoms with van der Waals surface area (Å²) in [5.41, 5.74) is -2.47. The Morgan fingerprint density at radius 3 is 2.18 bits per heavy atom. The first-order valence-electron chi connectivity index (χ1n) is 13.2. The zero-order valence-corrected chi connectivity index (χ0v) is 24.8. The van der Waals surface area contributed by atoms with Gasteiger partial charge in [-0.3, -0.25) is 29.1 Å². The third-order valence-corrected chi connectivity index (χ3v) is 7.16. The molecule has 6 rings (SSSR count). The van der Waals surface area contributed by atoms with Crippen LogP contribution in [0.25, 0.3) is 22.3 Å². The molecule has 0 saturated heterocycles. The molecule has 49 heavy (non-hydrogen) atoms. The molecule has 19 heteroatoms. The van der Waals surface area contributed by atoms with Crippen LogP contribution in [-0.2, 0) is 10.4 Å². The van der Waals surface area contributed by atoms with E-state index in [1.807, 2.05) is 0 Å². The number of carboxylic acid groups (broad SMARTS) is 1. The minimum atomic E-state index is -5.14. The number of hydrogen-bond acceptors (Lipinski definition) is 14. The van der Waals surface area contributed by atoms with E-state index in [9.17, 15) is 58.1 Å². The van der Waals surface area contributed by atoms with Crippen molar-refractivity contribution < 1.29 is 66.4 Å². The molecule has 0 atom stereocenters. The number of carbonyl (C=O) groups excluding carboxylic acids is 2. The number of anilines is 1. The fourth-order valence-corrected chi connectivity index (χ4v) is 5.10. The molecule has 0 aliphatic carbocycles. The normalized spacial score (nSPS) is 12.3. The van der Waals surface area contributed by atoms with Crippen LogP contribution in [0.5, 0.6) is 28.7 Å². The molecule has 5 aromatic rings. The fourth-order valence-electron chi connectivity index (χ4n) is 4.74. The Morgan fingerprint density at radius 1 is 0.857 bits per heavy atom. The van der Waals surface area contributed by atoms with Crippen molar-refractivity contribution in [1.29, 1.82) is 0 Å². The SMILES string of the molecule is O=C(O)c1cccc(N2C(=O)c3cccc([N+](=O)[O-])c3C2=O)c1.O=c1c(OS(=O)(=O)O)c(-c2ccc(O)c(O)c2)oc2cc(O)cc(O)c12. The average molecular weight is 695 g/mol. The lowest BCUT2D eigenvalue weighted by Gasteiger charge is -2.14. The highest BCUT2D eigenvalue weighted by Gasteiger charge is 2.42. The molecule has 2 heterocycles. The number of nitro groups is 1. The molecule has 6 N–H and O–H groups in total. The first kappa shape index (κ1) is 33.4. The first-order chi connectivity index (χ1) is 23.0. The van der Waals surface area contributed by atoms with Gasteiger partial charge in [-0.1, -0.05) is 12.1 Å². The number of carbonyl (C=O) groups is 3. The van der Waals surface area contributed by atoms with Gasteiger partial charge in [-0.05, 0) is 42.5 Å². The summed E-state index contributed by atoms with van der Waals surface area (Å²) in [5.74, 6) is -6.58. The lowest BCUT2D eigenvalue weighted by atomic mass is 10.1. The molecule has 0 radical (unpaired) electrons. The molecule has 2 amide bonds. The lowest BCUT2D eigenvalue weighted by molar-refractivity contribution is -0.385. The second-order valence-corrected chi connectivity index (χ2v) is 10.9. The van der Waals surface area contributed by atoms with Crippen LogP contribution in [0.2, 0.25) is 0 Å². The van der Waals surface area contributed by atoms with Gasteiger partial charge in [0.25, 0.3) is 17.5 Å². The monoisotopic (exact) mass is 694 g/mol. The molecule has 1 aliphatic rings. The van der Waals surface area contributed by atoms with E-state index in [0.29, 0.717) is 0 Å². The number of nitrogens with zero attached hydrogens (tertiary/aromatic N) is 2. The number of fused-ring (bicyclic) bond motifs is 2. The largest absolute Gasteiger partial charge is 0.508 e. The van der Waals surface area contributed by atoms with Gasteiger partial charge in [0.1, 0.15) is 28.0 Å². The zero-order chi connectivity index (χ0) is 35.9. The van der Waals surface area contributed by atoms with Crippen molar-refractivity contribution in [3.8, 4) is 40.1 Å². The minimum absolute atomic E-state index is 0.0467. The van der Waals surface area contributed by atoms with Gasteiger partial charge in [0.05, 0.1) is 21.7 Å². The van der Waals surface area contributed by atoms with E-state index in [1.54, 1.807) is 0 Å². The van der Waals surface area contributed by atoms with Crippen LogP contribution in [0.15, 0.2) is 82.0 Å². The van der Waals surface area contributed by atoms with Gasteiger partial charge in [0.15, 0.2) is 17.3 Å². The number of benzene rings is 4. The quantitative estimate of drug-likeness (QED) is 0.0487. The molecule has 1 aromatic heterocycles. The average Bonchev–Trinajstić information content (AvgIpc) is 3.28. The standard InChI is InChI=1S/C15H8N2O6.C15H10O10S/c18-13-10-5-2-6-11(17(22)23)12(10)14(19)16(13)9-4-1-3-8(7-9)15(20)21;16-7-4-10(19)12-11(5-7)24-14(6-1-2-8(17)9(18)3-6)15(13(12)20)25-26(21,22)23/h1-7H,(H,20,21);1-5,16-19H,(H,21,22,23). The molecule has 0 saturated carbocycles. The Morgan fingerprint density at radius 2 is 1.55 bits per heavy atom. The number of aromatic hydroxyl groups is 4. The molecule has 1 aliphatic heterocycles. The van der Waals surface area contributed by atoms with Gasteiger partial charge in [0, 0.05) is 23.8 Å². The van der Waals surface area contributed by atoms with Crippen molar-refractivity contribution in [2.24, 2.45) is 0 Å². The van der Waals surface area contributed by atoms with Crippen LogP contribution in [0, 0.1) is 10.1 Å². The summed E-state index contributed by atoms with van der Waals surface area (Å²) >= 11 is 0. The van der Waals surface area contributed by atoms with E-state index in [4.69, 9.17) is 14.1 Å². The third kappa shape index (κ3) is 6.37. The zero-order valence-electron chi connectivity index (χ0n) is 24.0. The molecule has 4 aromatic carbocycles. The van der Waals surface area contributed by atoms with E-state index in [0.717, 1.165) is 41.3 Å². The summed E-state index contributed by atoms with van der Waals surface area (Å²) in [6.07, 6.45) is 0. The highest BCUT2D eigenvalue weighted by Crippen LogP contribution is 2.39.